The van der Waals surface area contributed by atoms with Crippen LogP contribution >= 0.6 is 0 Å². The third kappa shape index (κ3) is 9.73. The number of aliphatic hydroxyl groups excluding tert-OH is 3. The summed E-state index contributed by atoms with van der Waals surface area (Å²) in [6, 6.07) is -0.886. The summed E-state index contributed by atoms with van der Waals surface area (Å²) >= 11 is 0. The molecule has 19 heavy (non-hydrogen) atoms. The van der Waals surface area contributed by atoms with Gasteiger partial charge in [0.15, 0.2) is 0 Å². The van der Waals surface area contributed by atoms with E-state index in [0.29, 0.717) is 0 Å². The maximum Gasteiger partial charge on any atom is 0.109 e. The first kappa shape index (κ1) is 32.3. The van der Waals surface area contributed by atoms with Gasteiger partial charge in [-0.25, -0.2) is 0 Å². The summed E-state index contributed by atoms with van der Waals surface area (Å²) in [4.78, 5) is 0. The van der Waals surface area contributed by atoms with Gasteiger partial charge in [-0.3, -0.25) is 0 Å². The Bertz CT molecular complexity index is 228. The fourth-order valence-electron chi connectivity index (χ4n) is 1.86. The molecule has 0 unspecified atom stereocenters. The van der Waals surface area contributed by atoms with Gasteiger partial charge in [0, 0.05) is 182 Å². The van der Waals surface area contributed by atoms with E-state index >= 15 is 0 Å². The molecule has 0 aromatic carbocycles. The Morgan fingerprint density at radius 3 is 1.74 bits per heavy atom. The average Bonchev–Trinajstić information content (AvgIpc) is 2.13. The van der Waals surface area contributed by atoms with E-state index in [1.54, 1.807) is 0 Å². The van der Waals surface area contributed by atoms with E-state index in [1.165, 1.54) is 0 Å². The van der Waals surface area contributed by atoms with E-state index in [-0.39, 0.29) is 188 Å². The number of nitrogens with one attached hydrogen (secondary N) is 1. The van der Waals surface area contributed by atoms with Crippen molar-refractivity contribution in [2.45, 2.75) is 51.2 Å². The van der Waals surface area contributed by atoms with Crippen molar-refractivity contribution in [1.82, 2.24) is 0 Å². The second-order valence-electron chi connectivity index (χ2n) is 5.15. The van der Waals surface area contributed by atoms with Crippen molar-refractivity contribution in [3.63, 3.8) is 0 Å². The minimum Gasteiger partial charge on any atom is -0.670 e. The molecular formula is C10H20Ac4NO4-. The average molecular weight is 1130 g/mol. The Labute approximate surface area is 258 Å². The summed E-state index contributed by atoms with van der Waals surface area (Å²) in [5.74, 6) is 0. The summed E-state index contributed by atoms with van der Waals surface area (Å²) < 4.78 is 5.45. The molecular weight excluding hydrogens is 1110 g/mol. The summed E-state index contributed by atoms with van der Waals surface area (Å²) in [5, 5.41) is 28.2. The Morgan fingerprint density at radius 2 is 1.42 bits per heavy atom. The van der Waals surface area contributed by atoms with E-state index in [0.717, 1.165) is 0 Å². The van der Waals surface area contributed by atoms with Crippen molar-refractivity contribution >= 4 is 0 Å². The molecule has 4 N–H and O–H groups in total. The minimum atomic E-state index is -1.18. The van der Waals surface area contributed by atoms with Crippen LogP contribution in [-0.4, -0.2) is 52.4 Å². The number of hydrogen-bond donors (Lipinski definition) is 3. The quantitative estimate of drug-likeness (QED) is 0.344. The number of aliphatic hydroxyl groups is 3. The molecule has 0 saturated carbocycles. The van der Waals surface area contributed by atoms with E-state index < -0.39 is 30.5 Å². The molecule has 0 aromatic heterocycles. The van der Waals surface area contributed by atoms with Crippen LogP contribution in [-0.2, 0) is 4.74 Å². The molecule has 1 aliphatic heterocycles. The number of hydrogen-bond acceptors (Lipinski definition) is 4. The smallest absolute Gasteiger partial charge is 0.109 e. The van der Waals surface area contributed by atoms with Crippen LogP contribution in [0.4, 0.5) is 0 Å². The van der Waals surface area contributed by atoms with E-state index in [9.17, 15) is 10.2 Å². The van der Waals surface area contributed by atoms with Crippen molar-refractivity contribution in [3.8, 4) is 0 Å². The van der Waals surface area contributed by atoms with E-state index in [1.807, 2.05) is 20.8 Å². The zero-order chi connectivity index (χ0) is 11.8. The Hall–Kier alpha value is 5.57. The Morgan fingerprint density at radius 1 is 1.00 bits per heavy atom. The molecule has 0 amide bonds. The van der Waals surface area contributed by atoms with Crippen molar-refractivity contribution < 1.29 is 196 Å². The van der Waals surface area contributed by atoms with Gasteiger partial charge in [-0.2, -0.15) is 0 Å². The van der Waals surface area contributed by atoms with Crippen LogP contribution in [0.3, 0.4) is 0 Å². The largest absolute Gasteiger partial charge is 0.670 e. The summed E-state index contributed by atoms with van der Waals surface area (Å²) in [6.07, 6.45) is -3.64. The van der Waals surface area contributed by atoms with Gasteiger partial charge in [-0.15, -0.1) is 0 Å². The van der Waals surface area contributed by atoms with Crippen molar-refractivity contribution in [2.75, 3.05) is 6.61 Å². The molecule has 1 heterocycles. The number of ether oxygens (including phenoxy) is 1. The summed E-state index contributed by atoms with van der Waals surface area (Å²) in [6.45, 7) is 5.35. The maximum absolute atomic E-state index is 9.65. The van der Waals surface area contributed by atoms with Crippen LogP contribution < -0.4 is 0 Å². The maximum atomic E-state index is 9.65. The molecule has 1 aliphatic rings. The fourth-order valence-corrected chi connectivity index (χ4v) is 1.86. The summed E-state index contributed by atoms with van der Waals surface area (Å²) in [5.41, 5.74) is 7.47. The van der Waals surface area contributed by atoms with Crippen LogP contribution in [0.2, 0.25) is 0 Å². The standard InChI is InChI=1S/C10H20NO4.4Ac/c1-10(2,3)9-6(11)8(14)7(13)5(4-12)15-9;;;;/h5-9,11-14H,4H2,1-3H3;;;;/q-1;;;;/t5-,6-,7-,8-,9-;;;;/m1..../s1. The van der Waals surface area contributed by atoms with Gasteiger partial charge in [0.1, 0.15) is 12.2 Å². The Balaban J connectivity index is -0.000000281. The van der Waals surface area contributed by atoms with Gasteiger partial charge >= 0.3 is 0 Å². The van der Waals surface area contributed by atoms with E-state index in [2.05, 4.69) is 0 Å². The van der Waals surface area contributed by atoms with Gasteiger partial charge < -0.3 is 25.8 Å². The third-order valence-corrected chi connectivity index (χ3v) is 2.78. The normalized spacial score (nSPS) is 33.9. The first-order valence-corrected chi connectivity index (χ1v) is 5.12. The molecule has 9 heteroatoms. The SMILES string of the molecule is CC(C)(C)[C@@H]1O[C@H](CO)[C@@H](O)[C@H](O)[C@H]1[NH-].[Ac].[Ac].[Ac].[Ac]. The summed E-state index contributed by atoms with van der Waals surface area (Å²) in [7, 11) is 0. The topological polar surface area (TPSA) is 93.7 Å². The van der Waals surface area contributed by atoms with Gasteiger partial charge in [0.05, 0.1) is 12.7 Å². The fraction of sp³-hybridized carbons (Fsp3) is 1.00. The van der Waals surface area contributed by atoms with Crippen LogP contribution in [0.5, 0.6) is 0 Å². The monoisotopic (exact) mass is 1130 g/mol. The molecule has 5 atom stereocenters. The molecule has 4 radical (unpaired) electrons. The molecule has 102 valence electrons. The van der Waals surface area contributed by atoms with Crippen molar-refractivity contribution in [3.05, 3.63) is 5.73 Å². The second kappa shape index (κ2) is 14.7. The van der Waals surface area contributed by atoms with Crippen LogP contribution in [0, 0.1) is 182 Å². The third-order valence-electron chi connectivity index (χ3n) is 2.78. The van der Waals surface area contributed by atoms with Crippen molar-refractivity contribution in [1.29, 1.82) is 0 Å². The zero-order valence-electron chi connectivity index (χ0n) is 11.7. The molecule has 0 bridgehead atoms. The molecule has 1 fully saturated rings. The molecule has 0 aliphatic carbocycles. The van der Waals surface area contributed by atoms with Crippen LogP contribution in [0.1, 0.15) is 20.8 Å². The minimum absolute atomic E-state index is 0. The van der Waals surface area contributed by atoms with Crippen LogP contribution in [0.15, 0.2) is 0 Å². The van der Waals surface area contributed by atoms with Gasteiger partial charge in [0.2, 0.25) is 0 Å². The van der Waals surface area contributed by atoms with Crippen molar-refractivity contribution in [2.24, 2.45) is 5.41 Å². The Kier molecular flexibility index (Phi) is 25.0. The zero-order valence-corrected chi connectivity index (χ0v) is 30.6. The first-order valence-electron chi connectivity index (χ1n) is 5.12. The predicted octanol–water partition coefficient (Wildman–Crippen LogP) is -0.0652. The van der Waals surface area contributed by atoms with E-state index in [4.69, 9.17) is 15.6 Å². The van der Waals surface area contributed by atoms with Gasteiger partial charge in [-0.05, 0) is 5.41 Å². The molecule has 0 aromatic rings. The van der Waals surface area contributed by atoms with Crippen LogP contribution in [0.25, 0.3) is 5.73 Å². The molecule has 0 spiro atoms. The second-order valence-corrected chi connectivity index (χ2v) is 5.15. The molecule has 1 rings (SSSR count). The first-order chi connectivity index (χ1) is 6.79. The molecule has 1 saturated heterocycles. The van der Waals surface area contributed by atoms with Gasteiger partial charge in [0.25, 0.3) is 0 Å². The number of rotatable bonds is 1. The molecule has 5 nitrogen and oxygen atoms in total. The van der Waals surface area contributed by atoms with Gasteiger partial charge in [-0.1, -0.05) is 26.8 Å². The predicted molar refractivity (Wildman–Crippen MR) is 55.3 cm³/mol.